The van der Waals surface area contributed by atoms with Crippen LogP contribution in [0.1, 0.15) is 22.6 Å². The maximum Gasteiger partial charge on any atom is 0.224 e. The van der Waals surface area contributed by atoms with Crippen molar-refractivity contribution in [3.8, 4) is 11.5 Å². The number of carbonyl (C=O) groups excluding carboxylic acids is 1. The van der Waals surface area contributed by atoms with Crippen molar-refractivity contribution in [2.75, 3.05) is 20.8 Å². The van der Waals surface area contributed by atoms with Crippen molar-refractivity contribution >= 4 is 40.0 Å². The van der Waals surface area contributed by atoms with Gasteiger partial charge in [0.1, 0.15) is 0 Å². The molecule has 0 saturated carbocycles. The zero-order valence-electron chi connectivity index (χ0n) is 18.3. The van der Waals surface area contributed by atoms with E-state index in [4.69, 9.17) is 32.7 Å². The van der Waals surface area contributed by atoms with E-state index in [9.17, 15) is 4.79 Å². The Morgan fingerprint density at radius 2 is 1.79 bits per heavy atom. The summed E-state index contributed by atoms with van der Waals surface area (Å²) in [5.41, 5.74) is 3.81. The topological polar surface area (TPSA) is 63.3 Å². The van der Waals surface area contributed by atoms with Crippen molar-refractivity contribution in [3.63, 3.8) is 0 Å². The number of fused-ring (bicyclic) bond motifs is 1. The Morgan fingerprint density at radius 3 is 2.55 bits per heavy atom. The van der Waals surface area contributed by atoms with E-state index in [0.29, 0.717) is 28.1 Å². The lowest BCUT2D eigenvalue weighted by molar-refractivity contribution is -0.120. The minimum absolute atomic E-state index is 0.111. The number of amides is 1. The number of rotatable bonds is 8. The molecule has 1 heterocycles. The van der Waals surface area contributed by atoms with E-state index >= 15 is 0 Å². The molecule has 4 aromatic rings. The number of carbonyl (C=O) groups is 1. The normalized spacial score (nSPS) is 11.9. The first kappa shape index (κ1) is 23.0. The number of methoxy groups -OCH3 is 2. The van der Waals surface area contributed by atoms with Gasteiger partial charge in [-0.15, -0.1) is 0 Å². The Balaban J connectivity index is 1.65. The van der Waals surface area contributed by atoms with Gasteiger partial charge in [0.15, 0.2) is 11.5 Å². The first-order chi connectivity index (χ1) is 16.0. The van der Waals surface area contributed by atoms with E-state index in [1.807, 2.05) is 42.6 Å². The van der Waals surface area contributed by atoms with Crippen LogP contribution < -0.4 is 14.8 Å². The van der Waals surface area contributed by atoms with E-state index in [2.05, 4.69) is 16.4 Å². The predicted molar refractivity (Wildman–Crippen MR) is 133 cm³/mol. The fourth-order valence-corrected chi connectivity index (χ4v) is 4.39. The monoisotopic (exact) mass is 482 g/mol. The molecule has 0 spiro atoms. The summed E-state index contributed by atoms with van der Waals surface area (Å²) in [4.78, 5) is 16.1. The summed E-state index contributed by atoms with van der Waals surface area (Å²) in [6, 6.07) is 19.1. The second kappa shape index (κ2) is 10.2. The molecule has 0 aliphatic heterocycles. The van der Waals surface area contributed by atoms with Gasteiger partial charge >= 0.3 is 0 Å². The Hall–Kier alpha value is -3.15. The highest BCUT2D eigenvalue weighted by atomic mass is 35.5. The molecule has 0 aliphatic carbocycles. The average molecular weight is 483 g/mol. The third-order valence-electron chi connectivity index (χ3n) is 5.66. The number of hydrogen-bond acceptors (Lipinski definition) is 3. The van der Waals surface area contributed by atoms with Crippen LogP contribution >= 0.6 is 23.2 Å². The molecule has 5 nitrogen and oxygen atoms in total. The molecule has 1 amide bonds. The number of hydrogen-bond donors (Lipinski definition) is 2. The van der Waals surface area contributed by atoms with Gasteiger partial charge < -0.3 is 19.8 Å². The van der Waals surface area contributed by atoms with E-state index in [0.717, 1.165) is 27.6 Å². The summed E-state index contributed by atoms with van der Waals surface area (Å²) in [6.45, 7) is 0.380. The van der Waals surface area contributed by atoms with Crippen LogP contribution in [0.5, 0.6) is 11.5 Å². The van der Waals surface area contributed by atoms with Crippen LogP contribution in [0, 0.1) is 0 Å². The molecular weight excluding hydrogens is 459 g/mol. The minimum Gasteiger partial charge on any atom is -0.493 e. The summed E-state index contributed by atoms with van der Waals surface area (Å²) in [6.07, 6.45) is 2.19. The predicted octanol–water partition coefficient (Wildman–Crippen LogP) is 5.98. The van der Waals surface area contributed by atoms with Gasteiger partial charge in [-0.05, 0) is 35.4 Å². The fraction of sp³-hybridized carbons (Fsp3) is 0.192. The van der Waals surface area contributed by atoms with Crippen molar-refractivity contribution in [3.05, 3.63) is 93.6 Å². The zero-order valence-corrected chi connectivity index (χ0v) is 19.8. The average Bonchev–Trinajstić information content (AvgIpc) is 3.25. The number of ether oxygens (including phenoxy) is 2. The molecule has 7 heteroatoms. The molecule has 0 fully saturated rings. The molecule has 170 valence electrons. The number of H-pyrrole nitrogens is 1. The van der Waals surface area contributed by atoms with Gasteiger partial charge in [-0.1, -0.05) is 59.6 Å². The molecule has 0 radical (unpaired) electrons. The number of para-hydroxylation sites is 2. The molecule has 33 heavy (non-hydrogen) atoms. The standard InChI is InChI=1S/C26H24Cl2N2O3/c1-32-24-9-5-7-18(26(24)33-2)20(19-14-29-23-8-4-3-6-17(19)23)15-30-25(31)13-16-10-11-21(27)22(28)12-16/h3-12,14,20,29H,13,15H2,1-2H3,(H,30,31). The van der Waals surface area contributed by atoms with Crippen LogP contribution in [0.3, 0.4) is 0 Å². The highest BCUT2D eigenvalue weighted by molar-refractivity contribution is 6.42. The second-order valence-corrected chi connectivity index (χ2v) is 8.47. The summed E-state index contributed by atoms with van der Waals surface area (Å²) in [5, 5.41) is 5.06. The largest absolute Gasteiger partial charge is 0.493 e. The van der Waals surface area contributed by atoms with Crippen LogP contribution in [0.15, 0.2) is 66.9 Å². The smallest absolute Gasteiger partial charge is 0.224 e. The SMILES string of the molecule is COc1cccc(C(CNC(=O)Cc2ccc(Cl)c(Cl)c2)c2c[nH]c3ccccc23)c1OC. The van der Waals surface area contributed by atoms with Crippen LogP contribution in [-0.2, 0) is 11.2 Å². The van der Waals surface area contributed by atoms with Crippen molar-refractivity contribution in [1.29, 1.82) is 0 Å². The van der Waals surface area contributed by atoms with Gasteiger partial charge in [-0.3, -0.25) is 4.79 Å². The second-order valence-electron chi connectivity index (χ2n) is 7.65. The lowest BCUT2D eigenvalue weighted by Gasteiger charge is -2.22. The quantitative estimate of drug-likeness (QED) is 0.324. The number of benzene rings is 3. The summed E-state index contributed by atoms with van der Waals surface area (Å²) < 4.78 is 11.2. The Kier molecular flexibility index (Phi) is 7.11. The maximum atomic E-state index is 12.8. The van der Waals surface area contributed by atoms with Crippen LogP contribution in [0.2, 0.25) is 10.0 Å². The molecule has 1 unspecified atom stereocenters. The third-order valence-corrected chi connectivity index (χ3v) is 6.40. The van der Waals surface area contributed by atoms with E-state index in [1.165, 1.54) is 0 Å². The Labute approximate surface area is 202 Å². The molecule has 0 aliphatic rings. The lowest BCUT2D eigenvalue weighted by Crippen LogP contribution is -2.30. The van der Waals surface area contributed by atoms with Crippen molar-refractivity contribution in [1.82, 2.24) is 10.3 Å². The van der Waals surface area contributed by atoms with Gasteiger partial charge in [-0.2, -0.15) is 0 Å². The summed E-state index contributed by atoms with van der Waals surface area (Å²) in [7, 11) is 3.23. The molecule has 2 N–H and O–H groups in total. The van der Waals surface area contributed by atoms with Crippen molar-refractivity contribution in [2.24, 2.45) is 0 Å². The fourth-order valence-electron chi connectivity index (χ4n) is 4.07. The van der Waals surface area contributed by atoms with Gasteiger partial charge in [0.2, 0.25) is 5.91 Å². The molecule has 0 saturated heterocycles. The number of aromatic amines is 1. The summed E-state index contributed by atoms with van der Waals surface area (Å²) in [5.74, 6) is 1.01. The van der Waals surface area contributed by atoms with Gasteiger partial charge in [0, 0.05) is 35.1 Å². The molecule has 0 bridgehead atoms. The molecular formula is C26H24Cl2N2O3. The molecule has 1 atom stereocenters. The maximum absolute atomic E-state index is 12.8. The highest BCUT2D eigenvalue weighted by Gasteiger charge is 2.24. The minimum atomic E-state index is -0.163. The lowest BCUT2D eigenvalue weighted by atomic mass is 9.89. The van der Waals surface area contributed by atoms with Crippen LogP contribution in [0.25, 0.3) is 10.9 Å². The number of nitrogens with one attached hydrogen (secondary N) is 2. The molecule has 3 aromatic carbocycles. The van der Waals surface area contributed by atoms with Gasteiger partial charge in [-0.25, -0.2) is 0 Å². The Bertz CT molecular complexity index is 1290. The highest BCUT2D eigenvalue weighted by Crippen LogP contribution is 2.40. The van der Waals surface area contributed by atoms with E-state index < -0.39 is 0 Å². The van der Waals surface area contributed by atoms with Gasteiger partial charge in [0.05, 0.1) is 30.7 Å². The van der Waals surface area contributed by atoms with E-state index in [1.54, 1.807) is 32.4 Å². The van der Waals surface area contributed by atoms with E-state index in [-0.39, 0.29) is 18.2 Å². The Morgan fingerprint density at radius 1 is 0.970 bits per heavy atom. The van der Waals surface area contributed by atoms with Crippen LogP contribution in [0.4, 0.5) is 0 Å². The van der Waals surface area contributed by atoms with Crippen molar-refractivity contribution < 1.29 is 14.3 Å². The number of halogens is 2. The first-order valence-corrected chi connectivity index (χ1v) is 11.2. The number of aromatic nitrogens is 1. The first-order valence-electron chi connectivity index (χ1n) is 10.5. The zero-order chi connectivity index (χ0) is 23.4. The van der Waals surface area contributed by atoms with Crippen LogP contribution in [-0.4, -0.2) is 31.7 Å². The summed E-state index contributed by atoms with van der Waals surface area (Å²) >= 11 is 12.1. The third kappa shape index (κ3) is 4.95. The molecule has 4 rings (SSSR count). The van der Waals surface area contributed by atoms with Crippen molar-refractivity contribution in [2.45, 2.75) is 12.3 Å². The molecule has 1 aromatic heterocycles. The van der Waals surface area contributed by atoms with Gasteiger partial charge in [0.25, 0.3) is 0 Å².